The molecule has 0 bridgehead atoms. The van der Waals surface area contributed by atoms with Crippen LogP contribution in [-0.4, -0.2) is 5.11 Å². The van der Waals surface area contributed by atoms with Gasteiger partial charge in [-0.15, -0.1) is 0 Å². The Morgan fingerprint density at radius 2 is 1.84 bits per heavy atom. The Labute approximate surface area is 130 Å². The van der Waals surface area contributed by atoms with Gasteiger partial charge in [-0.25, -0.2) is 0 Å². The van der Waals surface area contributed by atoms with Crippen molar-refractivity contribution >= 4 is 31.9 Å². The van der Waals surface area contributed by atoms with Crippen molar-refractivity contribution in [1.29, 1.82) is 0 Å². The minimum Gasteiger partial charge on any atom is -0.507 e. The molecule has 0 saturated heterocycles. The predicted molar refractivity (Wildman–Crippen MR) is 85.2 cm³/mol. The van der Waals surface area contributed by atoms with E-state index in [2.05, 4.69) is 50.2 Å². The molecule has 0 unspecified atom stereocenters. The Kier molecular flexibility index (Phi) is 5.02. The summed E-state index contributed by atoms with van der Waals surface area (Å²) in [5.41, 5.74) is 2.36. The Balaban J connectivity index is 2.02. The molecule has 0 aliphatic carbocycles. The van der Waals surface area contributed by atoms with E-state index in [-0.39, 0.29) is 11.8 Å². The first-order valence-electron chi connectivity index (χ1n) is 6.03. The van der Waals surface area contributed by atoms with Gasteiger partial charge in [0.25, 0.3) is 0 Å². The quantitative estimate of drug-likeness (QED) is 0.795. The Hall–Kier alpha value is -0.840. The predicted octanol–water partition coefficient (Wildman–Crippen LogP) is 4.77. The third kappa shape index (κ3) is 3.81. The highest BCUT2D eigenvalue weighted by molar-refractivity contribution is 9.10. The van der Waals surface area contributed by atoms with Crippen LogP contribution in [0.15, 0.2) is 51.4 Å². The second-order valence-electron chi connectivity index (χ2n) is 4.41. The molecule has 0 spiro atoms. The van der Waals surface area contributed by atoms with Gasteiger partial charge in [0.15, 0.2) is 0 Å². The number of nitrogens with one attached hydrogen (secondary N) is 1. The maximum Gasteiger partial charge on any atom is 0.129 e. The lowest BCUT2D eigenvalue weighted by atomic mass is 10.1. The van der Waals surface area contributed by atoms with Gasteiger partial charge in [-0.3, -0.25) is 0 Å². The minimum atomic E-state index is 0.253. The molecule has 0 heterocycles. The van der Waals surface area contributed by atoms with E-state index in [0.29, 0.717) is 0 Å². The van der Waals surface area contributed by atoms with E-state index >= 15 is 0 Å². The van der Waals surface area contributed by atoms with Gasteiger partial charge in [0.2, 0.25) is 0 Å². The highest BCUT2D eigenvalue weighted by Gasteiger charge is 2.08. The van der Waals surface area contributed by atoms with E-state index in [1.165, 1.54) is 5.56 Å². The number of aromatic hydroxyl groups is 1. The van der Waals surface area contributed by atoms with E-state index in [1.807, 2.05) is 30.3 Å². The zero-order valence-electron chi connectivity index (χ0n) is 10.5. The molecule has 0 saturated carbocycles. The smallest absolute Gasteiger partial charge is 0.129 e. The minimum absolute atomic E-state index is 0.253. The molecule has 0 aliphatic heterocycles. The summed E-state index contributed by atoms with van der Waals surface area (Å²) in [5.74, 6) is 0.266. The fourth-order valence-corrected chi connectivity index (χ4v) is 2.92. The van der Waals surface area contributed by atoms with Gasteiger partial charge in [-0.1, -0.05) is 40.2 Å². The highest BCUT2D eigenvalue weighted by Crippen LogP contribution is 2.25. The Morgan fingerprint density at radius 1 is 1.11 bits per heavy atom. The molecular formula is C15H15Br2NO. The van der Waals surface area contributed by atoms with E-state index in [1.54, 1.807) is 6.07 Å². The number of halogens is 2. The molecule has 0 aromatic heterocycles. The van der Waals surface area contributed by atoms with Gasteiger partial charge in [-0.05, 0) is 52.2 Å². The van der Waals surface area contributed by atoms with Gasteiger partial charge in [0, 0.05) is 17.1 Å². The first kappa shape index (κ1) is 14.6. The second kappa shape index (κ2) is 6.55. The molecule has 100 valence electrons. The molecule has 2 rings (SSSR count). The molecule has 0 aliphatic rings. The molecule has 2 N–H and O–H groups in total. The first-order chi connectivity index (χ1) is 9.08. The van der Waals surface area contributed by atoms with Gasteiger partial charge in [0.1, 0.15) is 5.75 Å². The van der Waals surface area contributed by atoms with Crippen LogP contribution in [0.25, 0.3) is 0 Å². The molecule has 1 atom stereocenters. The van der Waals surface area contributed by atoms with Crippen LogP contribution in [0.1, 0.15) is 24.1 Å². The molecule has 19 heavy (non-hydrogen) atoms. The zero-order chi connectivity index (χ0) is 13.8. The van der Waals surface area contributed by atoms with Crippen molar-refractivity contribution in [3.05, 3.63) is 62.5 Å². The number of phenols is 1. The van der Waals surface area contributed by atoms with Crippen LogP contribution >= 0.6 is 31.9 Å². The van der Waals surface area contributed by atoms with Crippen molar-refractivity contribution in [3.8, 4) is 5.75 Å². The average molecular weight is 385 g/mol. The van der Waals surface area contributed by atoms with Crippen LogP contribution in [0.4, 0.5) is 0 Å². The van der Waals surface area contributed by atoms with Crippen molar-refractivity contribution in [2.45, 2.75) is 19.5 Å². The topological polar surface area (TPSA) is 32.3 Å². The molecule has 2 aromatic carbocycles. The lowest BCUT2D eigenvalue weighted by Crippen LogP contribution is -2.18. The summed E-state index contributed by atoms with van der Waals surface area (Å²) in [6.07, 6.45) is 0. The third-order valence-corrected chi connectivity index (χ3v) is 4.35. The van der Waals surface area contributed by atoms with E-state index in [4.69, 9.17) is 0 Å². The fraction of sp³-hybridized carbons (Fsp3) is 0.200. The van der Waals surface area contributed by atoms with Gasteiger partial charge in [-0.2, -0.15) is 0 Å². The zero-order valence-corrected chi connectivity index (χ0v) is 13.7. The molecular weight excluding hydrogens is 370 g/mol. The molecule has 0 amide bonds. The van der Waals surface area contributed by atoms with Crippen LogP contribution in [0.3, 0.4) is 0 Å². The average Bonchev–Trinajstić information content (AvgIpc) is 2.40. The number of hydrogen-bond donors (Lipinski definition) is 2. The molecule has 4 heteroatoms. The lowest BCUT2D eigenvalue weighted by molar-refractivity contribution is 0.471. The highest BCUT2D eigenvalue weighted by atomic mass is 79.9. The summed E-state index contributed by atoms with van der Waals surface area (Å²) in [7, 11) is 0. The fourth-order valence-electron chi connectivity index (χ4n) is 1.87. The summed E-state index contributed by atoms with van der Waals surface area (Å²) >= 11 is 6.89. The number of phenolic OH excluding ortho intramolecular Hbond substituents is 1. The van der Waals surface area contributed by atoms with Crippen molar-refractivity contribution in [2.24, 2.45) is 0 Å². The maximum atomic E-state index is 9.46. The summed E-state index contributed by atoms with van der Waals surface area (Å²) in [5, 5.41) is 12.9. The van der Waals surface area contributed by atoms with E-state index in [9.17, 15) is 5.11 Å². The number of hydrogen-bond acceptors (Lipinski definition) is 2. The Morgan fingerprint density at radius 3 is 2.53 bits per heavy atom. The summed E-state index contributed by atoms with van der Waals surface area (Å²) in [6.45, 7) is 2.89. The van der Waals surface area contributed by atoms with Crippen molar-refractivity contribution < 1.29 is 5.11 Å². The van der Waals surface area contributed by atoms with Crippen molar-refractivity contribution in [3.63, 3.8) is 0 Å². The second-order valence-corrected chi connectivity index (χ2v) is 6.12. The summed E-state index contributed by atoms with van der Waals surface area (Å²) in [6, 6.07) is 14.0. The summed E-state index contributed by atoms with van der Waals surface area (Å²) in [4.78, 5) is 0. The Bertz CT molecular complexity index is 572. The van der Waals surface area contributed by atoms with Crippen molar-refractivity contribution in [1.82, 2.24) is 5.32 Å². The monoisotopic (exact) mass is 383 g/mol. The van der Waals surface area contributed by atoms with E-state index in [0.717, 1.165) is 21.1 Å². The standard InChI is InChI=1S/C15H15Br2NO/c1-10(12-4-2-3-5-13(12)16)18-9-11-6-7-15(19)14(17)8-11/h2-8,10,18-19H,9H2,1H3/t10-/m0/s1. The first-order valence-corrected chi connectivity index (χ1v) is 7.61. The van der Waals surface area contributed by atoms with Crippen LogP contribution < -0.4 is 5.32 Å². The third-order valence-electron chi connectivity index (χ3n) is 3.00. The van der Waals surface area contributed by atoms with Crippen molar-refractivity contribution in [2.75, 3.05) is 0 Å². The lowest BCUT2D eigenvalue weighted by Gasteiger charge is -2.16. The van der Waals surface area contributed by atoms with Crippen LogP contribution in [0, 0.1) is 0 Å². The SMILES string of the molecule is C[C@H](NCc1ccc(O)c(Br)c1)c1ccccc1Br. The number of benzene rings is 2. The molecule has 0 fully saturated rings. The van der Waals surface area contributed by atoms with E-state index < -0.39 is 0 Å². The molecule has 2 nitrogen and oxygen atoms in total. The summed E-state index contributed by atoms with van der Waals surface area (Å²) < 4.78 is 1.84. The normalized spacial score (nSPS) is 12.4. The van der Waals surface area contributed by atoms with Crippen LogP contribution in [-0.2, 0) is 6.54 Å². The molecule has 2 aromatic rings. The van der Waals surface area contributed by atoms with Gasteiger partial charge >= 0.3 is 0 Å². The van der Waals surface area contributed by atoms with Crippen LogP contribution in [0.2, 0.25) is 0 Å². The number of rotatable bonds is 4. The maximum absolute atomic E-state index is 9.46. The van der Waals surface area contributed by atoms with Crippen LogP contribution in [0.5, 0.6) is 5.75 Å². The molecule has 0 radical (unpaired) electrons. The van der Waals surface area contributed by atoms with Gasteiger partial charge in [0.05, 0.1) is 4.47 Å². The van der Waals surface area contributed by atoms with Gasteiger partial charge < -0.3 is 10.4 Å². The largest absolute Gasteiger partial charge is 0.507 e.